The van der Waals surface area contributed by atoms with Crippen molar-refractivity contribution < 1.29 is 32.2 Å². The molecule has 0 aliphatic carbocycles. The van der Waals surface area contributed by atoms with Gasteiger partial charge in [0.15, 0.2) is 11.5 Å². The lowest BCUT2D eigenvalue weighted by molar-refractivity contribution is -0.139. The maximum atomic E-state index is 12.7. The molecule has 0 unspecified atom stereocenters. The van der Waals surface area contributed by atoms with Crippen LogP contribution in [0.1, 0.15) is 37.0 Å². The van der Waals surface area contributed by atoms with Crippen molar-refractivity contribution in [1.29, 1.82) is 0 Å². The molecule has 0 amide bonds. The first kappa shape index (κ1) is 23.3. The van der Waals surface area contributed by atoms with E-state index in [9.17, 15) is 18.0 Å². The van der Waals surface area contributed by atoms with E-state index in [1.165, 1.54) is 19.2 Å². The van der Waals surface area contributed by atoms with Gasteiger partial charge >= 0.3 is 12.1 Å². The summed E-state index contributed by atoms with van der Waals surface area (Å²) in [5.74, 6) is 0.645. The Balaban J connectivity index is 2.09. The second kappa shape index (κ2) is 10.7. The second-order valence-corrected chi connectivity index (χ2v) is 6.45. The van der Waals surface area contributed by atoms with E-state index in [4.69, 9.17) is 14.2 Å². The van der Waals surface area contributed by atoms with Crippen LogP contribution in [0.25, 0.3) is 6.08 Å². The van der Waals surface area contributed by atoms with Crippen molar-refractivity contribution in [2.45, 2.75) is 32.9 Å². The van der Waals surface area contributed by atoms with Crippen molar-refractivity contribution in [1.82, 2.24) is 0 Å². The number of esters is 1. The topological polar surface area (TPSA) is 44.8 Å². The van der Waals surface area contributed by atoms with E-state index in [2.05, 4.69) is 0 Å². The van der Waals surface area contributed by atoms with Crippen LogP contribution in [0.4, 0.5) is 13.2 Å². The number of hydrogen-bond acceptors (Lipinski definition) is 4. The van der Waals surface area contributed by atoms with Crippen molar-refractivity contribution in [2.75, 3.05) is 20.3 Å². The molecule has 2 aromatic carbocycles. The molecular formula is C23H25F3O4. The Morgan fingerprint density at radius 3 is 2.30 bits per heavy atom. The number of ether oxygens (including phenoxy) is 3. The van der Waals surface area contributed by atoms with E-state index < -0.39 is 11.7 Å². The lowest BCUT2D eigenvalue weighted by Crippen LogP contribution is -2.07. The number of carbonyl (C=O) groups excluding carboxylic acids is 1. The Labute approximate surface area is 174 Å². The largest absolute Gasteiger partial charge is 0.493 e. The minimum absolute atomic E-state index is 0.257. The molecule has 162 valence electrons. The molecule has 0 bridgehead atoms. The summed E-state index contributed by atoms with van der Waals surface area (Å²) >= 11 is 0. The molecule has 0 N–H and O–H groups in total. The van der Waals surface area contributed by atoms with Gasteiger partial charge in [-0.15, -0.1) is 0 Å². The van der Waals surface area contributed by atoms with Crippen LogP contribution in [0.3, 0.4) is 0 Å². The molecule has 2 rings (SSSR count). The minimum Gasteiger partial charge on any atom is -0.493 e. The minimum atomic E-state index is -4.35. The third-order valence-electron chi connectivity index (χ3n) is 4.38. The van der Waals surface area contributed by atoms with Gasteiger partial charge in [0.1, 0.15) is 0 Å². The summed E-state index contributed by atoms with van der Waals surface area (Å²) in [7, 11) is 1.52. The van der Waals surface area contributed by atoms with Gasteiger partial charge in [-0.05, 0) is 54.8 Å². The first-order valence-corrected chi connectivity index (χ1v) is 9.63. The average Bonchev–Trinajstić information content (AvgIpc) is 2.72. The van der Waals surface area contributed by atoms with Crippen molar-refractivity contribution >= 4 is 12.0 Å². The van der Waals surface area contributed by atoms with Crippen molar-refractivity contribution in [2.24, 2.45) is 0 Å². The summed E-state index contributed by atoms with van der Waals surface area (Å²) in [6.07, 6.45) is -1.66. The second-order valence-electron chi connectivity index (χ2n) is 6.45. The van der Waals surface area contributed by atoms with Crippen LogP contribution in [-0.2, 0) is 22.1 Å². The van der Waals surface area contributed by atoms with Gasteiger partial charge in [-0.1, -0.05) is 25.1 Å². The summed E-state index contributed by atoms with van der Waals surface area (Å²) in [4.78, 5) is 12.0. The Kier molecular flexibility index (Phi) is 8.33. The highest BCUT2D eigenvalue weighted by Crippen LogP contribution is 2.30. The molecule has 0 radical (unpaired) electrons. The van der Waals surface area contributed by atoms with E-state index in [1.54, 1.807) is 31.2 Å². The molecular weight excluding hydrogens is 397 g/mol. The van der Waals surface area contributed by atoms with Crippen molar-refractivity contribution in [3.8, 4) is 11.5 Å². The third kappa shape index (κ3) is 6.54. The van der Waals surface area contributed by atoms with Crippen LogP contribution in [0.15, 0.2) is 48.0 Å². The fourth-order valence-electron chi connectivity index (χ4n) is 2.77. The number of hydrogen-bond donors (Lipinski definition) is 0. The zero-order valence-electron chi connectivity index (χ0n) is 17.2. The molecule has 0 aliphatic rings. The molecule has 0 saturated heterocycles. The first-order valence-electron chi connectivity index (χ1n) is 9.63. The van der Waals surface area contributed by atoms with Crippen molar-refractivity contribution in [3.05, 3.63) is 64.7 Å². The summed E-state index contributed by atoms with van der Waals surface area (Å²) < 4.78 is 54.1. The molecule has 30 heavy (non-hydrogen) atoms. The molecule has 0 aliphatic heterocycles. The highest BCUT2D eigenvalue weighted by atomic mass is 19.4. The van der Waals surface area contributed by atoms with E-state index in [0.29, 0.717) is 36.5 Å². The fraction of sp³-hybridized carbons (Fsp3) is 0.348. The number of halogens is 3. The summed E-state index contributed by atoms with van der Waals surface area (Å²) in [6.45, 7) is 4.18. The van der Waals surface area contributed by atoms with E-state index in [-0.39, 0.29) is 12.6 Å². The average molecular weight is 422 g/mol. The molecule has 0 atom stereocenters. The molecule has 0 heterocycles. The Bertz CT molecular complexity index is 871. The van der Waals surface area contributed by atoms with Crippen LogP contribution >= 0.6 is 0 Å². The summed E-state index contributed by atoms with van der Waals surface area (Å²) in [6, 6.07) is 10.3. The lowest BCUT2D eigenvalue weighted by Gasteiger charge is -2.12. The smallest absolute Gasteiger partial charge is 0.416 e. The monoisotopic (exact) mass is 422 g/mol. The van der Waals surface area contributed by atoms with Gasteiger partial charge in [0, 0.05) is 12.0 Å². The zero-order valence-corrected chi connectivity index (χ0v) is 17.2. The molecule has 0 fully saturated rings. The molecule has 0 spiro atoms. The number of carbonyl (C=O) groups is 1. The fourth-order valence-corrected chi connectivity index (χ4v) is 2.77. The van der Waals surface area contributed by atoms with Crippen LogP contribution in [0.2, 0.25) is 0 Å². The van der Waals surface area contributed by atoms with E-state index in [1.807, 2.05) is 6.92 Å². The van der Waals surface area contributed by atoms with Crippen LogP contribution in [-0.4, -0.2) is 26.3 Å². The standard InChI is InChI=1S/C23H25F3O4/c1-4-18(22(27)29-5-2)14-17-8-11-20(28-3)21(15-17)30-13-12-16-6-9-19(10-7-16)23(24,25)26/h6-11,14-15H,4-5,12-13H2,1-3H3. The lowest BCUT2D eigenvalue weighted by atomic mass is 10.1. The van der Waals surface area contributed by atoms with Gasteiger partial charge in [-0.3, -0.25) is 0 Å². The van der Waals surface area contributed by atoms with Crippen molar-refractivity contribution in [3.63, 3.8) is 0 Å². The van der Waals surface area contributed by atoms with Crippen LogP contribution < -0.4 is 9.47 Å². The first-order chi connectivity index (χ1) is 14.3. The van der Waals surface area contributed by atoms with Crippen LogP contribution in [0.5, 0.6) is 11.5 Å². The molecule has 0 saturated carbocycles. The maximum absolute atomic E-state index is 12.7. The van der Waals surface area contributed by atoms with Gasteiger partial charge in [0.2, 0.25) is 0 Å². The Morgan fingerprint density at radius 2 is 1.73 bits per heavy atom. The normalized spacial score (nSPS) is 11.9. The molecule has 7 heteroatoms. The van der Waals surface area contributed by atoms with Gasteiger partial charge in [-0.25, -0.2) is 4.79 Å². The predicted octanol–water partition coefficient (Wildman–Crippen LogP) is 5.69. The molecule has 0 aromatic heterocycles. The number of rotatable bonds is 9. The number of benzene rings is 2. The van der Waals surface area contributed by atoms with Gasteiger partial charge in [-0.2, -0.15) is 13.2 Å². The zero-order chi connectivity index (χ0) is 22.1. The van der Waals surface area contributed by atoms with Gasteiger partial charge in [0.05, 0.1) is 25.9 Å². The van der Waals surface area contributed by atoms with Gasteiger partial charge < -0.3 is 14.2 Å². The Morgan fingerprint density at radius 1 is 1.03 bits per heavy atom. The quantitative estimate of drug-likeness (QED) is 0.385. The third-order valence-corrected chi connectivity index (χ3v) is 4.38. The van der Waals surface area contributed by atoms with E-state index >= 15 is 0 Å². The number of methoxy groups -OCH3 is 1. The van der Waals surface area contributed by atoms with E-state index in [0.717, 1.165) is 23.3 Å². The summed E-state index contributed by atoms with van der Waals surface area (Å²) in [5.41, 5.74) is 1.35. The summed E-state index contributed by atoms with van der Waals surface area (Å²) in [5, 5.41) is 0. The molecule has 2 aromatic rings. The highest BCUT2D eigenvalue weighted by molar-refractivity contribution is 5.93. The maximum Gasteiger partial charge on any atom is 0.416 e. The van der Waals surface area contributed by atoms with Crippen LogP contribution in [0, 0.1) is 0 Å². The number of alkyl halides is 3. The van der Waals surface area contributed by atoms with Gasteiger partial charge in [0.25, 0.3) is 0 Å². The SMILES string of the molecule is CCOC(=O)C(=Cc1ccc(OC)c(OCCc2ccc(C(F)(F)F)cc2)c1)CC. The Hall–Kier alpha value is -2.96. The molecule has 4 nitrogen and oxygen atoms in total. The predicted molar refractivity (Wildman–Crippen MR) is 109 cm³/mol. The highest BCUT2D eigenvalue weighted by Gasteiger charge is 2.29.